The normalized spacial score (nSPS) is 22.0. The van der Waals surface area contributed by atoms with E-state index in [4.69, 9.17) is 0 Å². The lowest BCUT2D eigenvalue weighted by molar-refractivity contribution is 0.391. The Labute approximate surface area is 127 Å². The average molecular weight is 286 g/mol. The van der Waals surface area contributed by atoms with E-state index >= 15 is 0 Å². The summed E-state index contributed by atoms with van der Waals surface area (Å²) in [5.41, 5.74) is 4.11. The molecular formula is C19H26O2. The van der Waals surface area contributed by atoms with Crippen LogP contribution < -0.4 is 0 Å². The van der Waals surface area contributed by atoms with Crippen LogP contribution >= 0.6 is 0 Å². The summed E-state index contributed by atoms with van der Waals surface area (Å²) in [6.07, 6.45) is 5.91. The largest absolute Gasteiger partial charge is 0.508 e. The van der Waals surface area contributed by atoms with Crippen LogP contribution in [0, 0.1) is 5.92 Å². The summed E-state index contributed by atoms with van der Waals surface area (Å²) < 4.78 is 0. The number of benzene rings is 1. The first-order valence-electron chi connectivity index (χ1n) is 7.79. The van der Waals surface area contributed by atoms with Gasteiger partial charge in [-0.1, -0.05) is 37.1 Å². The Morgan fingerprint density at radius 2 is 1.90 bits per heavy atom. The molecule has 0 saturated heterocycles. The van der Waals surface area contributed by atoms with E-state index < -0.39 is 0 Å². The lowest BCUT2D eigenvalue weighted by Gasteiger charge is -2.32. The summed E-state index contributed by atoms with van der Waals surface area (Å²) in [5.74, 6) is 0.847. The molecule has 2 atom stereocenters. The highest BCUT2D eigenvalue weighted by Crippen LogP contribution is 2.47. The summed E-state index contributed by atoms with van der Waals surface area (Å²) in [4.78, 5) is 0. The van der Waals surface area contributed by atoms with Crippen LogP contribution in [0.4, 0.5) is 0 Å². The summed E-state index contributed by atoms with van der Waals surface area (Å²) in [6.45, 7) is 10.3. The molecule has 0 radical (unpaired) electrons. The third kappa shape index (κ3) is 3.31. The molecule has 0 heterocycles. The number of allylic oxidation sites excluding steroid dienone is 3. The van der Waals surface area contributed by atoms with Crippen LogP contribution in [0.25, 0.3) is 0 Å². The fraction of sp³-hybridized carbons (Fsp3) is 0.474. The average Bonchev–Trinajstić information content (AvgIpc) is 2.38. The molecule has 0 bridgehead atoms. The Hall–Kier alpha value is -1.70. The maximum atomic E-state index is 10.4. The molecule has 0 aromatic heterocycles. The third-order valence-electron chi connectivity index (χ3n) is 4.49. The zero-order valence-corrected chi connectivity index (χ0v) is 13.3. The topological polar surface area (TPSA) is 40.5 Å². The fourth-order valence-corrected chi connectivity index (χ4v) is 3.41. The second-order valence-electron chi connectivity index (χ2n) is 6.35. The molecule has 0 amide bonds. The molecule has 2 N–H and O–H groups in total. The predicted octanol–water partition coefficient (Wildman–Crippen LogP) is 5.07. The van der Waals surface area contributed by atoms with Gasteiger partial charge in [0.15, 0.2) is 0 Å². The van der Waals surface area contributed by atoms with Crippen LogP contribution in [0.15, 0.2) is 35.9 Å². The third-order valence-corrected chi connectivity index (χ3v) is 4.49. The lowest BCUT2D eigenvalue weighted by Crippen LogP contribution is -2.18. The number of hydrogen-bond acceptors (Lipinski definition) is 2. The van der Waals surface area contributed by atoms with E-state index in [-0.39, 0.29) is 23.3 Å². The summed E-state index contributed by atoms with van der Waals surface area (Å²) in [7, 11) is 0. The first kappa shape index (κ1) is 15.7. The Balaban J connectivity index is 2.44. The molecule has 2 heteroatoms. The number of rotatable bonds is 4. The van der Waals surface area contributed by atoms with Crippen LogP contribution in [0.5, 0.6) is 11.5 Å². The fourth-order valence-electron chi connectivity index (χ4n) is 3.41. The highest BCUT2D eigenvalue weighted by Gasteiger charge is 2.30. The van der Waals surface area contributed by atoms with Crippen molar-refractivity contribution in [1.29, 1.82) is 0 Å². The van der Waals surface area contributed by atoms with Gasteiger partial charge < -0.3 is 10.2 Å². The van der Waals surface area contributed by atoms with Gasteiger partial charge in [0.05, 0.1) is 0 Å². The Morgan fingerprint density at radius 1 is 1.29 bits per heavy atom. The minimum Gasteiger partial charge on any atom is -0.508 e. The SMILES string of the molecule is C=C(C)[C@H]1CC=C(C)CC1c1c(O)cc(CCC)cc1O. The molecule has 1 aromatic rings. The van der Waals surface area contributed by atoms with Crippen molar-refractivity contribution in [2.75, 3.05) is 0 Å². The minimum atomic E-state index is 0.114. The molecule has 0 fully saturated rings. The van der Waals surface area contributed by atoms with E-state index in [1.807, 2.05) is 19.1 Å². The zero-order valence-electron chi connectivity index (χ0n) is 13.3. The Kier molecular flexibility index (Phi) is 4.76. The maximum Gasteiger partial charge on any atom is 0.123 e. The van der Waals surface area contributed by atoms with E-state index in [2.05, 4.69) is 26.5 Å². The van der Waals surface area contributed by atoms with Crippen molar-refractivity contribution >= 4 is 0 Å². The molecule has 1 aliphatic rings. The quantitative estimate of drug-likeness (QED) is 0.759. The number of hydrogen-bond donors (Lipinski definition) is 2. The predicted molar refractivity (Wildman–Crippen MR) is 87.8 cm³/mol. The number of aromatic hydroxyl groups is 2. The molecule has 1 unspecified atom stereocenters. The van der Waals surface area contributed by atoms with Crippen molar-refractivity contribution in [3.05, 3.63) is 47.1 Å². The van der Waals surface area contributed by atoms with Gasteiger partial charge in [-0.15, -0.1) is 0 Å². The van der Waals surface area contributed by atoms with Crippen molar-refractivity contribution in [3.8, 4) is 11.5 Å². The van der Waals surface area contributed by atoms with E-state index in [0.717, 1.165) is 36.8 Å². The first-order chi connectivity index (χ1) is 9.93. The molecule has 0 saturated carbocycles. The molecule has 2 rings (SSSR count). The van der Waals surface area contributed by atoms with Crippen LogP contribution in [0.3, 0.4) is 0 Å². The molecule has 1 aromatic carbocycles. The number of phenolic OH excluding ortho intramolecular Hbond substituents is 2. The van der Waals surface area contributed by atoms with Gasteiger partial charge in [-0.3, -0.25) is 0 Å². The van der Waals surface area contributed by atoms with Gasteiger partial charge in [-0.2, -0.15) is 0 Å². The van der Waals surface area contributed by atoms with Gasteiger partial charge in [-0.05, 0) is 56.7 Å². The zero-order chi connectivity index (χ0) is 15.6. The van der Waals surface area contributed by atoms with Crippen LogP contribution in [0.2, 0.25) is 0 Å². The highest BCUT2D eigenvalue weighted by molar-refractivity contribution is 5.50. The molecule has 0 spiro atoms. The molecule has 2 nitrogen and oxygen atoms in total. The molecule has 0 aliphatic heterocycles. The van der Waals surface area contributed by atoms with E-state index in [9.17, 15) is 10.2 Å². The monoisotopic (exact) mass is 286 g/mol. The summed E-state index contributed by atoms with van der Waals surface area (Å²) in [6, 6.07) is 3.61. The van der Waals surface area contributed by atoms with Gasteiger partial charge in [0.25, 0.3) is 0 Å². The van der Waals surface area contributed by atoms with Crippen molar-refractivity contribution in [1.82, 2.24) is 0 Å². The molecular weight excluding hydrogens is 260 g/mol. The van der Waals surface area contributed by atoms with Crippen molar-refractivity contribution in [3.63, 3.8) is 0 Å². The van der Waals surface area contributed by atoms with Gasteiger partial charge in [0.1, 0.15) is 11.5 Å². The molecule has 114 valence electrons. The summed E-state index contributed by atoms with van der Waals surface area (Å²) in [5, 5.41) is 20.9. The van der Waals surface area contributed by atoms with E-state index in [1.165, 1.54) is 5.57 Å². The van der Waals surface area contributed by atoms with Crippen molar-refractivity contribution in [2.45, 2.75) is 52.4 Å². The van der Waals surface area contributed by atoms with Gasteiger partial charge in [-0.25, -0.2) is 0 Å². The van der Waals surface area contributed by atoms with Crippen LogP contribution in [-0.4, -0.2) is 10.2 Å². The second-order valence-corrected chi connectivity index (χ2v) is 6.35. The van der Waals surface area contributed by atoms with Crippen molar-refractivity contribution in [2.24, 2.45) is 5.92 Å². The van der Waals surface area contributed by atoms with Gasteiger partial charge in [0, 0.05) is 11.5 Å². The van der Waals surface area contributed by atoms with E-state index in [1.54, 1.807) is 0 Å². The molecule has 21 heavy (non-hydrogen) atoms. The van der Waals surface area contributed by atoms with Gasteiger partial charge >= 0.3 is 0 Å². The Bertz CT molecular complexity index is 546. The van der Waals surface area contributed by atoms with Gasteiger partial charge in [0.2, 0.25) is 0 Å². The minimum absolute atomic E-state index is 0.114. The second kappa shape index (κ2) is 6.38. The van der Waals surface area contributed by atoms with Crippen molar-refractivity contribution < 1.29 is 10.2 Å². The molecule has 1 aliphatic carbocycles. The summed E-state index contributed by atoms with van der Waals surface area (Å²) >= 11 is 0. The maximum absolute atomic E-state index is 10.4. The van der Waals surface area contributed by atoms with Crippen LogP contribution in [-0.2, 0) is 6.42 Å². The standard InChI is InChI=1S/C19H26O2/c1-5-6-14-10-17(20)19(18(21)11-14)16-9-13(4)7-8-15(16)12(2)3/h7,10-11,15-16,20-21H,2,5-6,8-9H2,1,3-4H3/t15-,16?/m1/s1. The van der Waals surface area contributed by atoms with Crippen LogP contribution in [0.1, 0.15) is 57.1 Å². The Morgan fingerprint density at radius 3 is 2.43 bits per heavy atom. The number of phenols is 2. The highest BCUT2D eigenvalue weighted by atomic mass is 16.3. The smallest absolute Gasteiger partial charge is 0.123 e. The lowest BCUT2D eigenvalue weighted by atomic mass is 9.72. The first-order valence-corrected chi connectivity index (χ1v) is 7.79. The van der Waals surface area contributed by atoms with E-state index in [0.29, 0.717) is 5.56 Å². The number of aryl methyl sites for hydroxylation is 1.